The van der Waals surface area contributed by atoms with Crippen molar-refractivity contribution in [3.05, 3.63) is 58.9 Å². The second-order valence-electron chi connectivity index (χ2n) is 4.05. The first-order chi connectivity index (χ1) is 9.11. The Hall–Kier alpha value is -2.47. The molecule has 2 rings (SSSR count). The van der Waals surface area contributed by atoms with Crippen molar-refractivity contribution in [1.29, 1.82) is 0 Å². The van der Waals surface area contributed by atoms with E-state index in [1.165, 1.54) is 19.1 Å². The summed E-state index contributed by atoms with van der Waals surface area (Å²) in [6, 6.07) is 10.1. The van der Waals surface area contributed by atoms with Crippen LogP contribution in [0.2, 0.25) is 0 Å². The van der Waals surface area contributed by atoms with Gasteiger partial charge in [0.05, 0.1) is 12.7 Å². The zero-order chi connectivity index (χ0) is 13.8. The molecule has 0 radical (unpaired) electrons. The van der Waals surface area contributed by atoms with Crippen molar-refractivity contribution in [3.63, 3.8) is 0 Å². The van der Waals surface area contributed by atoms with Crippen molar-refractivity contribution in [1.82, 2.24) is 0 Å². The summed E-state index contributed by atoms with van der Waals surface area (Å²) in [6.07, 6.45) is 0. The van der Waals surface area contributed by atoms with E-state index in [4.69, 9.17) is 4.74 Å². The van der Waals surface area contributed by atoms with Gasteiger partial charge in [-0.25, -0.2) is 4.39 Å². The molecule has 2 aromatic rings. The molecule has 0 saturated carbocycles. The molecule has 0 saturated heterocycles. The Morgan fingerprint density at radius 2 is 1.95 bits per heavy atom. The molecule has 0 aliphatic heterocycles. The summed E-state index contributed by atoms with van der Waals surface area (Å²) in [5, 5.41) is 9.37. The van der Waals surface area contributed by atoms with Gasteiger partial charge < -0.3 is 9.84 Å². The van der Waals surface area contributed by atoms with Gasteiger partial charge in [0.15, 0.2) is 0 Å². The lowest BCUT2D eigenvalue weighted by atomic mass is 10.1. The van der Waals surface area contributed by atoms with E-state index in [1.54, 1.807) is 13.2 Å². The number of benzene rings is 2. The number of phenolic OH excluding ortho intramolecular Hbond substituents is 1. The summed E-state index contributed by atoms with van der Waals surface area (Å²) < 4.78 is 18.9. The topological polar surface area (TPSA) is 29.5 Å². The lowest BCUT2D eigenvalue weighted by Gasteiger charge is -2.01. The number of aromatic hydroxyl groups is 1. The first-order valence-corrected chi connectivity index (χ1v) is 5.76. The zero-order valence-corrected chi connectivity index (χ0v) is 10.7. The van der Waals surface area contributed by atoms with E-state index in [1.807, 2.05) is 18.2 Å². The van der Waals surface area contributed by atoms with Crippen LogP contribution in [0.1, 0.15) is 16.7 Å². The van der Waals surface area contributed by atoms with Gasteiger partial charge in [0.1, 0.15) is 17.3 Å². The van der Waals surface area contributed by atoms with Gasteiger partial charge in [-0.1, -0.05) is 17.9 Å². The van der Waals surface area contributed by atoms with E-state index >= 15 is 0 Å². The van der Waals surface area contributed by atoms with E-state index in [0.29, 0.717) is 5.75 Å². The first-order valence-electron chi connectivity index (χ1n) is 5.76. The molecule has 0 bridgehead atoms. The summed E-state index contributed by atoms with van der Waals surface area (Å²) in [5.41, 5.74) is 1.21. The number of methoxy groups -OCH3 is 1. The van der Waals surface area contributed by atoms with Crippen LogP contribution in [0.4, 0.5) is 4.39 Å². The fraction of sp³-hybridized carbons (Fsp3) is 0.125. The summed E-state index contributed by atoms with van der Waals surface area (Å²) >= 11 is 0. The van der Waals surface area contributed by atoms with Gasteiger partial charge in [-0.15, -0.1) is 0 Å². The summed E-state index contributed by atoms with van der Waals surface area (Å²) in [4.78, 5) is 0. The lowest BCUT2D eigenvalue weighted by molar-refractivity contribution is 0.414. The second-order valence-corrected chi connectivity index (χ2v) is 4.05. The van der Waals surface area contributed by atoms with E-state index in [2.05, 4.69) is 11.8 Å². The van der Waals surface area contributed by atoms with Gasteiger partial charge in [-0.05, 0) is 37.3 Å². The van der Waals surface area contributed by atoms with E-state index in [9.17, 15) is 9.50 Å². The SMILES string of the molecule is COc1cccc(C#Cc2ccc(O)c(C)c2F)c1. The largest absolute Gasteiger partial charge is 0.508 e. The molecule has 19 heavy (non-hydrogen) atoms. The highest BCUT2D eigenvalue weighted by atomic mass is 19.1. The number of rotatable bonds is 1. The Labute approximate surface area is 111 Å². The monoisotopic (exact) mass is 256 g/mol. The third-order valence-electron chi connectivity index (χ3n) is 2.77. The highest BCUT2D eigenvalue weighted by Gasteiger charge is 2.06. The molecule has 0 aliphatic carbocycles. The molecule has 0 aromatic heterocycles. The maximum Gasteiger partial charge on any atom is 0.145 e. The number of hydrogen-bond donors (Lipinski definition) is 1. The normalized spacial score (nSPS) is 9.63. The number of halogens is 1. The maximum absolute atomic E-state index is 13.8. The molecule has 0 fully saturated rings. The van der Waals surface area contributed by atoms with Crippen LogP contribution in [-0.2, 0) is 0 Å². The molecule has 96 valence electrons. The minimum absolute atomic E-state index is 0.0653. The molecule has 0 aliphatic rings. The van der Waals surface area contributed by atoms with Gasteiger partial charge in [0.25, 0.3) is 0 Å². The van der Waals surface area contributed by atoms with Crippen LogP contribution in [0.5, 0.6) is 11.5 Å². The third kappa shape index (κ3) is 2.86. The highest BCUT2D eigenvalue weighted by Crippen LogP contribution is 2.21. The molecular formula is C16H13FO2. The van der Waals surface area contributed by atoms with Crippen LogP contribution in [0.3, 0.4) is 0 Å². The molecule has 3 heteroatoms. The molecule has 0 heterocycles. The molecule has 2 nitrogen and oxygen atoms in total. The van der Waals surface area contributed by atoms with Crippen molar-refractivity contribution in [2.45, 2.75) is 6.92 Å². The fourth-order valence-corrected chi connectivity index (χ4v) is 1.61. The summed E-state index contributed by atoms with van der Waals surface area (Å²) in [7, 11) is 1.58. The molecule has 0 amide bonds. The number of phenols is 1. The van der Waals surface area contributed by atoms with E-state index < -0.39 is 5.82 Å². The Kier molecular flexibility index (Phi) is 3.72. The average Bonchev–Trinajstić information content (AvgIpc) is 2.44. The van der Waals surface area contributed by atoms with Gasteiger partial charge >= 0.3 is 0 Å². The van der Waals surface area contributed by atoms with Crippen molar-refractivity contribution < 1.29 is 14.2 Å². The Morgan fingerprint density at radius 3 is 2.68 bits per heavy atom. The van der Waals surface area contributed by atoms with E-state index in [0.717, 1.165) is 5.56 Å². The van der Waals surface area contributed by atoms with Crippen molar-refractivity contribution >= 4 is 0 Å². The Balaban J connectivity index is 2.36. The van der Waals surface area contributed by atoms with Crippen LogP contribution in [0, 0.1) is 24.6 Å². The summed E-state index contributed by atoms with van der Waals surface area (Å²) in [6.45, 7) is 1.52. The Bertz CT molecular complexity index is 666. The predicted octanol–water partition coefficient (Wildman–Crippen LogP) is 3.25. The third-order valence-corrected chi connectivity index (χ3v) is 2.77. The van der Waals surface area contributed by atoms with Crippen molar-refractivity contribution in [2.24, 2.45) is 0 Å². The Morgan fingerprint density at radius 1 is 1.16 bits per heavy atom. The first kappa shape index (κ1) is 13.0. The summed E-state index contributed by atoms with van der Waals surface area (Å²) in [5.74, 6) is 5.78. The minimum atomic E-state index is -0.490. The van der Waals surface area contributed by atoms with Crippen LogP contribution in [-0.4, -0.2) is 12.2 Å². The highest BCUT2D eigenvalue weighted by molar-refractivity contribution is 5.49. The average molecular weight is 256 g/mol. The second kappa shape index (κ2) is 5.45. The van der Waals surface area contributed by atoms with Crippen molar-refractivity contribution in [3.8, 4) is 23.3 Å². The van der Waals surface area contributed by atoms with Gasteiger partial charge in [-0.2, -0.15) is 0 Å². The number of hydrogen-bond acceptors (Lipinski definition) is 2. The molecular weight excluding hydrogens is 243 g/mol. The standard InChI is InChI=1S/C16H13FO2/c1-11-15(18)9-8-13(16(11)17)7-6-12-4-3-5-14(10-12)19-2/h3-5,8-10,18H,1-2H3. The molecule has 2 aromatic carbocycles. The van der Waals surface area contributed by atoms with E-state index in [-0.39, 0.29) is 16.9 Å². The zero-order valence-electron chi connectivity index (χ0n) is 10.7. The van der Waals surface area contributed by atoms with Gasteiger partial charge in [0, 0.05) is 11.1 Å². The van der Waals surface area contributed by atoms with Crippen LogP contribution >= 0.6 is 0 Å². The molecule has 1 N–H and O–H groups in total. The quantitative estimate of drug-likeness (QED) is 0.794. The maximum atomic E-state index is 13.8. The lowest BCUT2D eigenvalue weighted by Crippen LogP contribution is -1.89. The number of ether oxygens (including phenoxy) is 1. The van der Waals surface area contributed by atoms with Crippen LogP contribution in [0.15, 0.2) is 36.4 Å². The van der Waals surface area contributed by atoms with Gasteiger partial charge in [0.2, 0.25) is 0 Å². The van der Waals surface area contributed by atoms with Crippen molar-refractivity contribution in [2.75, 3.05) is 7.11 Å². The minimum Gasteiger partial charge on any atom is -0.508 e. The molecule has 0 unspecified atom stereocenters. The predicted molar refractivity (Wildman–Crippen MR) is 71.8 cm³/mol. The van der Waals surface area contributed by atoms with Gasteiger partial charge in [-0.3, -0.25) is 0 Å². The molecule has 0 spiro atoms. The van der Waals surface area contributed by atoms with Crippen LogP contribution < -0.4 is 4.74 Å². The van der Waals surface area contributed by atoms with Crippen LogP contribution in [0.25, 0.3) is 0 Å². The fourth-order valence-electron chi connectivity index (χ4n) is 1.61. The molecule has 0 atom stereocenters. The smallest absolute Gasteiger partial charge is 0.145 e.